The third kappa shape index (κ3) is 4.20. The van der Waals surface area contributed by atoms with E-state index < -0.39 is 5.92 Å². The summed E-state index contributed by atoms with van der Waals surface area (Å²) >= 11 is 0. The maximum absolute atomic E-state index is 12.4. The van der Waals surface area contributed by atoms with Crippen molar-refractivity contribution in [3.8, 4) is 0 Å². The van der Waals surface area contributed by atoms with E-state index in [1.54, 1.807) is 11.9 Å². The quantitative estimate of drug-likeness (QED) is 0.342. The minimum absolute atomic E-state index is 0.00481. The summed E-state index contributed by atoms with van der Waals surface area (Å²) in [5.41, 5.74) is 5.60. The van der Waals surface area contributed by atoms with Crippen LogP contribution in [0.1, 0.15) is 47.5 Å². The summed E-state index contributed by atoms with van der Waals surface area (Å²) in [4.78, 5) is 14.1. The van der Waals surface area contributed by atoms with Crippen molar-refractivity contribution >= 4 is 11.7 Å². The molecule has 18 heavy (non-hydrogen) atoms. The van der Waals surface area contributed by atoms with Crippen LogP contribution in [0.2, 0.25) is 0 Å². The topological polar surface area (TPSA) is 78.9 Å². The van der Waals surface area contributed by atoms with Gasteiger partial charge >= 0.3 is 0 Å². The molecule has 0 aliphatic carbocycles. The Morgan fingerprint density at radius 3 is 2.28 bits per heavy atom. The van der Waals surface area contributed by atoms with Crippen LogP contribution in [-0.2, 0) is 4.79 Å². The normalized spacial score (nSPS) is 16.2. The average Bonchev–Trinajstić information content (AvgIpc) is 2.31. The Kier molecular flexibility index (Phi) is 6.15. The van der Waals surface area contributed by atoms with E-state index in [0.717, 1.165) is 6.42 Å². The standard InChI is InChI=1S/C13H27N3O2/c1-7-8-10(11(14)15-18)12(17)16(6)9(2)13(3,4)5/h9-10,18H,7-8H2,1-6H3,(H2,14,15). The van der Waals surface area contributed by atoms with Gasteiger partial charge < -0.3 is 15.8 Å². The largest absolute Gasteiger partial charge is 0.409 e. The number of carbonyl (C=O) groups is 1. The Hall–Kier alpha value is -1.26. The van der Waals surface area contributed by atoms with Crippen LogP contribution in [0, 0.1) is 11.3 Å². The van der Waals surface area contributed by atoms with E-state index in [4.69, 9.17) is 10.9 Å². The Labute approximate surface area is 110 Å². The minimum Gasteiger partial charge on any atom is -0.409 e. The first-order chi connectivity index (χ1) is 8.16. The second-order valence-corrected chi connectivity index (χ2v) is 5.86. The zero-order valence-corrected chi connectivity index (χ0v) is 12.4. The first-order valence-corrected chi connectivity index (χ1v) is 6.40. The Morgan fingerprint density at radius 2 is 1.94 bits per heavy atom. The van der Waals surface area contributed by atoms with Crippen LogP contribution in [0.3, 0.4) is 0 Å². The third-order valence-corrected chi connectivity index (χ3v) is 3.53. The van der Waals surface area contributed by atoms with Gasteiger partial charge in [-0.25, -0.2) is 0 Å². The summed E-state index contributed by atoms with van der Waals surface area (Å²) < 4.78 is 0. The monoisotopic (exact) mass is 257 g/mol. The number of amidine groups is 1. The lowest BCUT2D eigenvalue weighted by Crippen LogP contribution is -2.48. The van der Waals surface area contributed by atoms with E-state index in [1.807, 2.05) is 13.8 Å². The highest BCUT2D eigenvalue weighted by Gasteiger charge is 2.32. The fourth-order valence-electron chi connectivity index (χ4n) is 1.77. The number of oxime groups is 1. The zero-order valence-electron chi connectivity index (χ0n) is 12.4. The number of rotatable bonds is 5. The molecule has 5 nitrogen and oxygen atoms in total. The van der Waals surface area contributed by atoms with Gasteiger partial charge in [0.2, 0.25) is 5.91 Å². The molecule has 2 unspecified atom stereocenters. The Balaban J connectivity index is 4.99. The Bertz CT molecular complexity index is 308. The van der Waals surface area contributed by atoms with Gasteiger partial charge in [-0.1, -0.05) is 39.3 Å². The average molecular weight is 257 g/mol. The van der Waals surface area contributed by atoms with Gasteiger partial charge in [-0.15, -0.1) is 0 Å². The fraction of sp³-hybridized carbons (Fsp3) is 0.846. The second-order valence-electron chi connectivity index (χ2n) is 5.86. The van der Waals surface area contributed by atoms with Crippen molar-refractivity contribution in [2.45, 2.75) is 53.5 Å². The predicted molar refractivity (Wildman–Crippen MR) is 73.5 cm³/mol. The zero-order chi connectivity index (χ0) is 14.5. The molecule has 0 aliphatic heterocycles. The molecule has 106 valence electrons. The van der Waals surface area contributed by atoms with Crippen molar-refractivity contribution in [3.05, 3.63) is 0 Å². The highest BCUT2D eigenvalue weighted by atomic mass is 16.4. The fourth-order valence-corrected chi connectivity index (χ4v) is 1.77. The van der Waals surface area contributed by atoms with E-state index in [-0.39, 0.29) is 23.2 Å². The van der Waals surface area contributed by atoms with Crippen molar-refractivity contribution in [2.24, 2.45) is 22.2 Å². The van der Waals surface area contributed by atoms with Gasteiger partial charge in [-0.3, -0.25) is 4.79 Å². The number of hydrogen-bond donors (Lipinski definition) is 2. The van der Waals surface area contributed by atoms with E-state index in [9.17, 15) is 4.79 Å². The molecule has 0 rings (SSSR count). The number of nitrogens with two attached hydrogens (primary N) is 1. The van der Waals surface area contributed by atoms with Gasteiger partial charge in [0, 0.05) is 13.1 Å². The smallest absolute Gasteiger partial charge is 0.233 e. The molecule has 0 radical (unpaired) electrons. The van der Waals surface area contributed by atoms with Gasteiger partial charge in [-0.2, -0.15) is 0 Å². The molecule has 0 fully saturated rings. The van der Waals surface area contributed by atoms with Crippen LogP contribution in [-0.4, -0.2) is 34.9 Å². The lowest BCUT2D eigenvalue weighted by Gasteiger charge is -2.37. The number of carbonyl (C=O) groups excluding carboxylic acids is 1. The summed E-state index contributed by atoms with van der Waals surface area (Å²) in [6, 6.07) is 0.0795. The van der Waals surface area contributed by atoms with Gasteiger partial charge in [0.1, 0.15) is 0 Å². The molecule has 5 heteroatoms. The number of amides is 1. The van der Waals surface area contributed by atoms with E-state index in [2.05, 4.69) is 25.9 Å². The molecule has 0 aliphatic rings. The summed E-state index contributed by atoms with van der Waals surface area (Å²) in [7, 11) is 1.77. The maximum atomic E-state index is 12.4. The van der Waals surface area contributed by atoms with Crippen molar-refractivity contribution in [2.75, 3.05) is 7.05 Å². The molecule has 2 atom stereocenters. The van der Waals surface area contributed by atoms with Crippen LogP contribution in [0.25, 0.3) is 0 Å². The van der Waals surface area contributed by atoms with Gasteiger partial charge in [-0.05, 0) is 18.8 Å². The number of hydrogen-bond acceptors (Lipinski definition) is 3. The Morgan fingerprint density at radius 1 is 1.44 bits per heavy atom. The highest BCUT2D eigenvalue weighted by Crippen LogP contribution is 2.24. The first kappa shape index (κ1) is 16.7. The van der Waals surface area contributed by atoms with E-state index in [0.29, 0.717) is 6.42 Å². The van der Waals surface area contributed by atoms with Crippen molar-refractivity contribution < 1.29 is 10.0 Å². The molecular formula is C13H27N3O2. The van der Waals surface area contributed by atoms with Crippen molar-refractivity contribution in [3.63, 3.8) is 0 Å². The van der Waals surface area contributed by atoms with Gasteiger partial charge in [0.15, 0.2) is 5.84 Å². The summed E-state index contributed by atoms with van der Waals surface area (Å²) in [6.45, 7) is 10.2. The van der Waals surface area contributed by atoms with Gasteiger partial charge in [0.05, 0.1) is 5.92 Å². The second kappa shape index (κ2) is 6.61. The van der Waals surface area contributed by atoms with Crippen LogP contribution in [0.15, 0.2) is 5.16 Å². The predicted octanol–water partition coefficient (Wildman–Crippen LogP) is 2.04. The summed E-state index contributed by atoms with van der Waals surface area (Å²) in [5.74, 6) is -0.626. The molecule has 0 spiro atoms. The molecule has 3 N–H and O–H groups in total. The molecule has 0 aromatic carbocycles. The van der Waals surface area contributed by atoms with Crippen LogP contribution in [0.4, 0.5) is 0 Å². The van der Waals surface area contributed by atoms with Crippen LogP contribution in [0.5, 0.6) is 0 Å². The van der Waals surface area contributed by atoms with Crippen molar-refractivity contribution in [1.82, 2.24) is 4.90 Å². The van der Waals surface area contributed by atoms with Crippen LogP contribution < -0.4 is 5.73 Å². The summed E-state index contributed by atoms with van der Waals surface area (Å²) in [6.07, 6.45) is 1.40. The molecule has 0 aromatic rings. The lowest BCUT2D eigenvalue weighted by molar-refractivity contribution is -0.136. The van der Waals surface area contributed by atoms with E-state index >= 15 is 0 Å². The third-order valence-electron chi connectivity index (χ3n) is 3.53. The molecule has 0 saturated carbocycles. The van der Waals surface area contributed by atoms with Gasteiger partial charge in [0.25, 0.3) is 0 Å². The highest BCUT2D eigenvalue weighted by molar-refractivity contribution is 6.02. The van der Waals surface area contributed by atoms with E-state index in [1.165, 1.54) is 0 Å². The maximum Gasteiger partial charge on any atom is 0.233 e. The van der Waals surface area contributed by atoms with Crippen LogP contribution >= 0.6 is 0 Å². The SMILES string of the molecule is CCCC(C(=O)N(C)C(C)C(C)(C)C)C(N)=NO. The minimum atomic E-state index is -0.533. The molecular weight excluding hydrogens is 230 g/mol. The lowest BCUT2D eigenvalue weighted by atomic mass is 9.86. The first-order valence-electron chi connectivity index (χ1n) is 6.40. The molecule has 0 bridgehead atoms. The number of nitrogens with zero attached hydrogens (tertiary/aromatic N) is 2. The molecule has 0 saturated heterocycles. The molecule has 0 aromatic heterocycles. The summed E-state index contributed by atoms with van der Waals surface area (Å²) in [5, 5.41) is 11.7. The molecule has 1 amide bonds. The molecule has 0 heterocycles. The van der Waals surface area contributed by atoms with Crippen molar-refractivity contribution in [1.29, 1.82) is 0 Å².